The quantitative estimate of drug-likeness (QED) is 0.475. The Morgan fingerprint density at radius 2 is 1.41 bits per heavy atom. The molecule has 1 aliphatic heterocycles. The fourth-order valence-electron chi connectivity index (χ4n) is 5.22. The first-order valence-corrected chi connectivity index (χ1v) is 13.7. The van der Waals surface area contributed by atoms with Gasteiger partial charge in [0, 0.05) is 19.3 Å². The minimum absolute atomic E-state index is 0.389. The van der Waals surface area contributed by atoms with Crippen molar-refractivity contribution < 1.29 is 13.2 Å². The van der Waals surface area contributed by atoms with Gasteiger partial charge in [0.25, 0.3) is 0 Å². The molecule has 0 bridgehead atoms. The van der Waals surface area contributed by atoms with Gasteiger partial charge in [0.1, 0.15) is 5.60 Å². The van der Waals surface area contributed by atoms with Gasteiger partial charge in [-0.3, -0.25) is 4.72 Å². The van der Waals surface area contributed by atoms with E-state index in [0.29, 0.717) is 11.6 Å². The molecule has 3 aromatic rings. The summed E-state index contributed by atoms with van der Waals surface area (Å²) >= 11 is 0. The van der Waals surface area contributed by atoms with Gasteiger partial charge in [0.05, 0.1) is 6.26 Å². The third kappa shape index (κ3) is 5.69. The molecule has 0 spiro atoms. The summed E-state index contributed by atoms with van der Waals surface area (Å²) in [4.78, 5) is 2.52. The highest BCUT2D eigenvalue weighted by atomic mass is 32.2. The van der Waals surface area contributed by atoms with Gasteiger partial charge in [-0.25, -0.2) is 8.42 Å². The van der Waals surface area contributed by atoms with Gasteiger partial charge in [-0.05, 0) is 67.1 Å². The molecule has 1 aliphatic rings. The van der Waals surface area contributed by atoms with Gasteiger partial charge in [0.2, 0.25) is 10.0 Å². The van der Waals surface area contributed by atoms with E-state index in [0.717, 1.165) is 38.9 Å². The molecule has 0 amide bonds. The molecule has 5 nitrogen and oxygen atoms in total. The van der Waals surface area contributed by atoms with E-state index in [-0.39, 0.29) is 0 Å². The zero-order valence-corrected chi connectivity index (χ0v) is 20.8. The number of benzene rings is 3. The number of rotatable bonds is 9. The Kier molecular flexibility index (Phi) is 7.71. The van der Waals surface area contributed by atoms with Crippen LogP contribution in [0.4, 0.5) is 5.69 Å². The Labute approximate surface area is 203 Å². The first kappa shape index (κ1) is 24.5. The lowest BCUT2D eigenvalue weighted by Gasteiger charge is -2.44. The first-order chi connectivity index (χ1) is 16.4. The topological polar surface area (TPSA) is 58.6 Å². The number of sulfonamides is 1. The zero-order valence-electron chi connectivity index (χ0n) is 20.0. The molecule has 6 heteroatoms. The molecule has 1 heterocycles. The molecule has 0 aromatic heterocycles. The number of anilines is 1. The maximum absolute atomic E-state index is 11.4. The van der Waals surface area contributed by atoms with Gasteiger partial charge in [0.15, 0.2) is 0 Å². The predicted molar refractivity (Wildman–Crippen MR) is 138 cm³/mol. The van der Waals surface area contributed by atoms with E-state index in [9.17, 15) is 8.42 Å². The smallest absolute Gasteiger partial charge is 0.229 e. The van der Waals surface area contributed by atoms with Crippen molar-refractivity contribution in [1.29, 1.82) is 0 Å². The number of methoxy groups -OCH3 is 1. The van der Waals surface area contributed by atoms with Crippen LogP contribution in [-0.2, 0) is 26.8 Å². The molecule has 4 rings (SSSR count). The lowest BCUT2D eigenvalue weighted by molar-refractivity contribution is -0.0506. The van der Waals surface area contributed by atoms with Crippen LogP contribution >= 0.6 is 0 Å². The molecule has 0 aliphatic carbocycles. The monoisotopic (exact) mass is 478 g/mol. The second-order valence-electron chi connectivity index (χ2n) is 9.11. The average Bonchev–Trinajstić information content (AvgIpc) is 2.86. The summed E-state index contributed by atoms with van der Waals surface area (Å²) in [7, 11) is -1.41. The summed E-state index contributed by atoms with van der Waals surface area (Å²) in [6.07, 6.45) is 4.23. The fraction of sp³-hybridized carbons (Fsp3) is 0.357. The molecule has 0 atom stereocenters. The van der Waals surface area contributed by atoms with Gasteiger partial charge < -0.3 is 9.64 Å². The lowest BCUT2D eigenvalue weighted by Crippen LogP contribution is -2.45. The summed E-state index contributed by atoms with van der Waals surface area (Å²) in [5.41, 5.74) is 3.79. The molecular formula is C28H34N2O3S. The maximum atomic E-state index is 11.4. The zero-order chi connectivity index (χ0) is 24.0. The van der Waals surface area contributed by atoms with E-state index in [1.807, 2.05) is 31.4 Å². The molecule has 0 saturated carbocycles. The molecule has 34 heavy (non-hydrogen) atoms. The van der Waals surface area contributed by atoms with Crippen LogP contribution in [0.25, 0.3) is 0 Å². The molecule has 1 fully saturated rings. The molecule has 3 aromatic carbocycles. The van der Waals surface area contributed by atoms with Crippen LogP contribution in [0.5, 0.6) is 0 Å². The van der Waals surface area contributed by atoms with E-state index in [4.69, 9.17) is 4.74 Å². The van der Waals surface area contributed by atoms with E-state index >= 15 is 0 Å². The van der Waals surface area contributed by atoms with Crippen molar-refractivity contribution in [3.05, 3.63) is 102 Å². The third-order valence-corrected chi connectivity index (χ3v) is 7.47. The van der Waals surface area contributed by atoms with Crippen LogP contribution in [0.2, 0.25) is 0 Å². The molecule has 1 N–H and O–H groups in total. The Hall–Kier alpha value is -2.67. The number of nitrogens with one attached hydrogen (secondary N) is 1. The van der Waals surface area contributed by atoms with Crippen LogP contribution < -0.4 is 4.72 Å². The van der Waals surface area contributed by atoms with Crippen molar-refractivity contribution in [3.63, 3.8) is 0 Å². The number of piperidine rings is 1. The van der Waals surface area contributed by atoms with Crippen molar-refractivity contribution in [2.45, 2.75) is 24.9 Å². The summed E-state index contributed by atoms with van der Waals surface area (Å²) in [6.45, 7) is 3.05. The highest BCUT2D eigenvalue weighted by molar-refractivity contribution is 7.92. The molecule has 1 saturated heterocycles. The van der Waals surface area contributed by atoms with Crippen molar-refractivity contribution in [1.82, 2.24) is 4.90 Å². The second kappa shape index (κ2) is 10.7. The Morgan fingerprint density at radius 1 is 0.882 bits per heavy atom. The van der Waals surface area contributed by atoms with Crippen LogP contribution in [0.1, 0.15) is 29.5 Å². The van der Waals surface area contributed by atoms with Gasteiger partial charge in [-0.2, -0.15) is 0 Å². The average molecular weight is 479 g/mol. The molecule has 180 valence electrons. The van der Waals surface area contributed by atoms with Crippen molar-refractivity contribution in [2.24, 2.45) is 5.92 Å². The maximum Gasteiger partial charge on any atom is 0.229 e. The van der Waals surface area contributed by atoms with Crippen LogP contribution in [0, 0.1) is 5.92 Å². The number of ether oxygens (including phenoxy) is 1. The number of hydrogen-bond donors (Lipinski definition) is 1. The Balaban J connectivity index is 1.41. The third-order valence-electron chi connectivity index (χ3n) is 6.86. The van der Waals surface area contributed by atoms with Crippen LogP contribution in [-0.4, -0.2) is 46.3 Å². The van der Waals surface area contributed by atoms with Crippen molar-refractivity contribution in [3.8, 4) is 0 Å². The normalized spacial score (nSPS) is 15.8. The lowest BCUT2D eigenvalue weighted by atomic mass is 9.71. The van der Waals surface area contributed by atoms with Gasteiger partial charge >= 0.3 is 0 Å². The largest absolute Gasteiger partial charge is 0.368 e. The van der Waals surface area contributed by atoms with E-state index in [2.05, 4.69) is 70.3 Å². The summed E-state index contributed by atoms with van der Waals surface area (Å²) in [6, 6.07) is 28.9. The number of nitrogens with zero attached hydrogens (tertiary/aromatic N) is 1. The predicted octanol–water partition coefficient (Wildman–Crippen LogP) is 4.90. The Bertz CT molecular complexity index is 1100. The SMILES string of the molecule is COC(c1ccccc1)(c1ccccc1)C1CCN(CCc2ccc(NS(C)(=O)=O)cc2)CC1. The minimum atomic E-state index is -3.25. The summed E-state index contributed by atoms with van der Waals surface area (Å²) in [5, 5.41) is 0. The van der Waals surface area contributed by atoms with Crippen molar-refractivity contribution >= 4 is 15.7 Å². The highest BCUT2D eigenvalue weighted by Gasteiger charge is 2.43. The highest BCUT2D eigenvalue weighted by Crippen LogP contribution is 2.44. The molecule has 0 radical (unpaired) electrons. The van der Waals surface area contributed by atoms with Gasteiger partial charge in [-0.15, -0.1) is 0 Å². The minimum Gasteiger partial charge on any atom is -0.368 e. The van der Waals surface area contributed by atoms with E-state index in [1.165, 1.54) is 22.9 Å². The summed E-state index contributed by atoms with van der Waals surface area (Å²) in [5.74, 6) is 0.389. The first-order valence-electron chi connectivity index (χ1n) is 11.9. The van der Waals surface area contributed by atoms with Crippen molar-refractivity contribution in [2.75, 3.05) is 37.7 Å². The number of hydrogen-bond acceptors (Lipinski definition) is 4. The Morgan fingerprint density at radius 3 is 1.88 bits per heavy atom. The van der Waals surface area contributed by atoms with Crippen LogP contribution in [0.15, 0.2) is 84.9 Å². The van der Waals surface area contributed by atoms with E-state index in [1.54, 1.807) is 0 Å². The molecular weight excluding hydrogens is 444 g/mol. The standard InChI is InChI=1S/C28H34N2O3S/c1-33-28(24-9-5-3-6-10-24,25-11-7-4-8-12-25)26-18-21-30(22-19-26)20-17-23-13-15-27(16-14-23)29-34(2,31)32/h3-16,26,29H,17-22H2,1-2H3. The van der Waals surface area contributed by atoms with Crippen LogP contribution in [0.3, 0.4) is 0 Å². The second-order valence-corrected chi connectivity index (χ2v) is 10.9. The number of likely N-dealkylation sites (tertiary alicyclic amines) is 1. The van der Waals surface area contributed by atoms with E-state index < -0.39 is 15.6 Å². The molecule has 0 unspecified atom stereocenters. The summed E-state index contributed by atoms with van der Waals surface area (Å²) < 4.78 is 31.7. The van der Waals surface area contributed by atoms with Gasteiger partial charge in [-0.1, -0.05) is 72.8 Å². The fourth-order valence-corrected chi connectivity index (χ4v) is 5.78.